The van der Waals surface area contributed by atoms with E-state index in [1.54, 1.807) is 6.92 Å². The Hall–Kier alpha value is -1.10. The number of hydrogen-bond donors (Lipinski definition) is 2. The van der Waals surface area contributed by atoms with Crippen LogP contribution in [0, 0.1) is 5.92 Å². The monoisotopic (exact) mass is 158 g/mol. The van der Waals surface area contributed by atoms with E-state index in [2.05, 4.69) is 5.32 Å². The third-order valence-electron chi connectivity index (χ3n) is 1.81. The van der Waals surface area contributed by atoms with Crippen molar-refractivity contribution in [3.63, 3.8) is 0 Å². The van der Waals surface area contributed by atoms with Crippen LogP contribution in [0.3, 0.4) is 0 Å². The molecule has 1 fully saturated rings. The van der Waals surface area contributed by atoms with Crippen LogP contribution in [0.2, 0.25) is 0 Å². The van der Waals surface area contributed by atoms with E-state index < -0.39 is 24.1 Å². The van der Waals surface area contributed by atoms with Crippen LogP contribution in [0.4, 0.5) is 4.79 Å². The summed E-state index contributed by atoms with van der Waals surface area (Å²) < 4.78 is 0. The first-order valence-corrected chi connectivity index (χ1v) is 3.29. The molecule has 2 atom stereocenters. The summed E-state index contributed by atoms with van der Waals surface area (Å²) in [5.41, 5.74) is 0. The van der Waals surface area contributed by atoms with Crippen molar-refractivity contribution in [1.29, 1.82) is 0 Å². The normalized spacial score (nSPS) is 32.1. The second kappa shape index (κ2) is 2.50. The van der Waals surface area contributed by atoms with Crippen LogP contribution in [0.15, 0.2) is 0 Å². The maximum absolute atomic E-state index is 10.8. The Morgan fingerprint density at radius 2 is 2.09 bits per heavy atom. The molecular formula is C6H10N2O3. The van der Waals surface area contributed by atoms with Crippen LogP contribution in [-0.4, -0.2) is 35.2 Å². The molecule has 0 unspecified atom stereocenters. The molecule has 62 valence electrons. The van der Waals surface area contributed by atoms with Gasteiger partial charge >= 0.3 is 6.03 Å². The Balaban J connectivity index is 2.78. The Bertz CT molecular complexity index is 184. The minimum absolute atomic E-state index is 0.430. The molecule has 1 aliphatic rings. The second-order valence-corrected chi connectivity index (χ2v) is 2.61. The maximum Gasteiger partial charge on any atom is 0.325 e. The standard InChI is InChI=1S/C6H10N2O3/c1-3-4(9)7-6(11)8(2)5(3)10/h3,5,10H,1-2H3,(H,7,9,11)/t3-,5-/m1/s1. The van der Waals surface area contributed by atoms with E-state index in [0.717, 1.165) is 4.90 Å². The lowest BCUT2D eigenvalue weighted by atomic mass is 10.1. The number of urea groups is 1. The van der Waals surface area contributed by atoms with E-state index in [1.807, 2.05) is 0 Å². The summed E-state index contributed by atoms with van der Waals surface area (Å²) >= 11 is 0. The maximum atomic E-state index is 10.8. The molecule has 1 heterocycles. The molecule has 3 amide bonds. The van der Waals surface area contributed by atoms with Gasteiger partial charge in [0.2, 0.25) is 5.91 Å². The summed E-state index contributed by atoms with van der Waals surface area (Å²) in [6.07, 6.45) is -1.00. The van der Waals surface area contributed by atoms with Crippen molar-refractivity contribution in [3.05, 3.63) is 0 Å². The first kappa shape index (κ1) is 8.00. The smallest absolute Gasteiger partial charge is 0.325 e. The molecule has 2 N–H and O–H groups in total. The molecule has 0 radical (unpaired) electrons. The van der Waals surface area contributed by atoms with Gasteiger partial charge < -0.3 is 10.0 Å². The molecule has 11 heavy (non-hydrogen) atoms. The Morgan fingerprint density at radius 3 is 2.64 bits per heavy atom. The fourth-order valence-corrected chi connectivity index (χ4v) is 0.898. The predicted molar refractivity (Wildman–Crippen MR) is 36.5 cm³/mol. The van der Waals surface area contributed by atoms with E-state index in [4.69, 9.17) is 0 Å². The van der Waals surface area contributed by atoms with Gasteiger partial charge in [-0.15, -0.1) is 0 Å². The number of nitrogens with zero attached hydrogens (tertiary/aromatic N) is 1. The lowest BCUT2D eigenvalue weighted by Gasteiger charge is -2.32. The highest BCUT2D eigenvalue weighted by Gasteiger charge is 2.34. The van der Waals surface area contributed by atoms with E-state index in [0.29, 0.717) is 0 Å². The van der Waals surface area contributed by atoms with Crippen LogP contribution >= 0.6 is 0 Å². The number of nitrogens with one attached hydrogen (secondary N) is 1. The van der Waals surface area contributed by atoms with Gasteiger partial charge in [-0.1, -0.05) is 0 Å². The average molecular weight is 158 g/mol. The first-order chi connectivity index (χ1) is 5.04. The number of hydrogen-bond acceptors (Lipinski definition) is 3. The number of amides is 3. The molecule has 0 spiro atoms. The SMILES string of the molecule is C[C@@H]1C(=O)NC(=O)N(C)[C@@H]1O. The van der Waals surface area contributed by atoms with Crippen molar-refractivity contribution in [2.24, 2.45) is 5.92 Å². The molecule has 5 nitrogen and oxygen atoms in total. The Morgan fingerprint density at radius 1 is 1.55 bits per heavy atom. The summed E-state index contributed by atoms with van der Waals surface area (Å²) in [6.45, 7) is 1.56. The third-order valence-corrected chi connectivity index (χ3v) is 1.81. The molecule has 1 aliphatic heterocycles. The zero-order valence-corrected chi connectivity index (χ0v) is 6.37. The van der Waals surface area contributed by atoms with Gasteiger partial charge in [-0.3, -0.25) is 10.1 Å². The zero-order chi connectivity index (χ0) is 8.59. The Labute approximate surface area is 64.0 Å². The van der Waals surface area contributed by atoms with Gasteiger partial charge in [0.25, 0.3) is 0 Å². The number of carbonyl (C=O) groups excluding carboxylic acids is 2. The first-order valence-electron chi connectivity index (χ1n) is 3.29. The Kier molecular flexibility index (Phi) is 1.82. The summed E-state index contributed by atoms with van der Waals surface area (Å²) in [6, 6.07) is -0.555. The summed E-state index contributed by atoms with van der Waals surface area (Å²) in [5, 5.41) is 11.3. The molecule has 0 aromatic carbocycles. The van der Waals surface area contributed by atoms with Crippen LogP contribution < -0.4 is 5.32 Å². The molecule has 0 bridgehead atoms. The average Bonchev–Trinajstić information content (AvgIpc) is 1.97. The third kappa shape index (κ3) is 1.19. The topological polar surface area (TPSA) is 69.6 Å². The fraction of sp³-hybridized carbons (Fsp3) is 0.667. The van der Waals surface area contributed by atoms with Crippen molar-refractivity contribution in [3.8, 4) is 0 Å². The number of carbonyl (C=O) groups is 2. The molecule has 1 rings (SSSR count). The lowest BCUT2D eigenvalue weighted by Crippen LogP contribution is -2.57. The van der Waals surface area contributed by atoms with Crippen molar-refractivity contribution in [2.75, 3.05) is 7.05 Å². The molecule has 0 aromatic rings. The highest BCUT2D eigenvalue weighted by Crippen LogP contribution is 2.11. The highest BCUT2D eigenvalue weighted by atomic mass is 16.3. The molecule has 0 aliphatic carbocycles. The molecule has 0 aromatic heterocycles. The van der Waals surface area contributed by atoms with Crippen molar-refractivity contribution in [1.82, 2.24) is 10.2 Å². The van der Waals surface area contributed by atoms with E-state index >= 15 is 0 Å². The number of aliphatic hydroxyl groups excluding tert-OH is 1. The molecule has 5 heteroatoms. The van der Waals surface area contributed by atoms with Gasteiger partial charge in [0, 0.05) is 7.05 Å². The van der Waals surface area contributed by atoms with Crippen LogP contribution in [0.1, 0.15) is 6.92 Å². The fourth-order valence-electron chi connectivity index (χ4n) is 0.898. The van der Waals surface area contributed by atoms with Gasteiger partial charge in [0.05, 0.1) is 5.92 Å². The zero-order valence-electron chi connectivity index (χ0n) is 6.37. The summed E-state index contributed by atoms with van der Waals surface area (Å²) in [7, 11) is 1.43. The number of rotatable bonds is 0. The van der Waals surface area contributed by atoms with Gasteiger partial charge in [-0.05, 0) is 6.92 Å². The highest BCUT2D eigenvalue weighted by molar-refractivity contribution is 5.97. The van der Waals surface area contributed by atoms with Gasteiger partial charge in [0.1, 0.15) is 6.23 Å². The van der Waals surface area contributed by atoms with Gasteiger partial charge in [-0.2, -0.15) is 0 Å². The minimum atomic E-state index is -1.00. The molecule has 1 saturated heterocycles. The number of aliphatic hydroxyl groups is 1. The van der Waals surface area contributed by atoms with E-state index in [1.165, 1.54) is 7.05 Å². The van der Waals surface area contributed by atoms with E-state index in [-0.39, 0.29) is 0 Å². The summed E-state index contributed by atoms with van der Waals surface area (Å²) in [5.74, 6) is -0.988. The molecule has 0 saturated carbocycles. The van der Waals surface area contributed by atoms with Crippen molar-refractivity contribution >= 4 is 11.9 Å². The van der Waals surface area contributed by atoms with Gasteiger partial charge in [-0.25, -0.2) is 4.79 Å². The van der Waals surface area contributed by atoms with Crippen LogP contribution in [0.5, 0.6) is 0 Å². The van der Waals surface area contributed by atoms with E-state index in [9.17, 15) is 14.7 Å². The predicted octanol–water partition coefficient (Wildman–Crippen LogP) is -0.877. The van der Waals surface area contributed by atoms with Crippen LogP contribution in [-0.2, 0) is 4.79 Å². The second-order valence-electron chi connectivity index (χ2n) is 2.61. The molecular weight excluding hydrogens is 148 g/mol. The largest absolute Gasteiger partial charge is 0.373 e. The van der Waals surface area contributed by atoms with Gasteiger partial charge in [0.15, 0.2) is 0 Å². The minimum Gasteiger partial charge on any atom is -0.373 e. The number of imide groups is 1. The summed E-state index contributed by atoms with van der Waals surface area (Å²) in [4.78, 5) is 22.7. The lowest BCUT2D eigenvalue weighted by molar-refractivity contribution is -0.134. The quantitative estimate of drug-likeness (QED) is 0.481. The van der Waals surface area contributed by atoms with Crippen molar-refractivity contribution < 1.29 is 14.7 Å². The van der Waals surface area contributed by atoms with Crippen LogP contribution in [0.25, 0.3) is 0 Å². The van der Waals surface area contributed by atoms with Crippen molar-refractivity contribution in [2.45, 2.75) is 13.2 Å².